The van der Waals surface area contributed by atoms with Crippen molar-refractivity contribution in [3.8, 4) is 6.07 Å². The van der Waals surface area contributed by atoms with Crippen molar-refractivity contribution in [3.05, 3.63) is 29.3 Å². The highest BCUT2D eigenvalue weighted by atomic mass is 15.1. The Morgan fingerprint density at radius 1 is 1.41 bits per heavy atom. The third kappa shape index (κ3) is 3.00. The van der Waals surface area contributed by atoms with Gasteiger partial charge >= 0.3 is 0 Å². The monoisotopic (exact) mass is 228 g/mol. The van der Waals surface area contributed by atoms with Crippen LogP contribution in [0.3, 0.4) is 0 Å². The predicted octanol–water partition coefficient (Wildman–Crippen LogP) is 3.49. The van der Waals surface area contributed by atoms with Gasteiger partial charge in [-0.3, -0.25) is 0 Å². The Bertz CT molecular complexity index is 427. The van der Waals surface area contributed by atoms with Crippen molar-refractivity contribution in [1.29, 1.82) is 5.26 Å². The van der Waals surface area contributed by atoms with Gasteiger partial charge in [0.2, 0.25) is 0 Å². The second kappa shape index (κ2) is 5.23. The molecule has 2 rings (SSSR count). The van der Waals surface area contributed by atoms with Gasteiger partial charge in [0.05, 0.1) is 11.6 Å². The van der Waals surface area contributed by atoms with Crippen molar-refractivity contribution in [2.75, 3.05) is 18.0 Å². The molecule has 0 heterocycles. The number of nitrogens with zero attached hydrogens (tertiary/aromatic N) is 2. The van der Waals surface area contributed by atoms with Crippen LogP contribution in [0.25, 0.3) is 0 Å². The number of benzene rings is 1. The fourth-order valence-corrected chi connectivity index (χ4v) is 2.18. The second-order valence-corrected chi connectivity index (χ2v) is 5.00. The van der Waals surface area contributed by atoms with E-state index in [2.05, 4.69) is 30.0 Å². The van der Waals surface area contributed by atoms with E-state index in [1.165, 1.54) is 31.5 Å². The maximum Gasteiger partial charge on any atom is 0.0994 e. The minimum Gasteiger partial charge on any atom is -0.371 e. The third-order valence-electron chi connectivity index (χ3n) is 3.36. The largest absolute Gasteiger partial charge is 0.371 e. The maximum atomic E-state index is 8.94. The third-order valence-corrected chi connectivity index (χ3v) is 3.36. The highest BCUT2D eigenvalue weighted by Gasteiger charge is 2.24. The van der Waals surface area contributed by atoms with Crippen LogP contribution < -0.4 is 4.90 Å². The summed E-state index contributed by atoms with van der Waals surface area (Å²) >= 11 is 0. The first-order valence-corrected chi connectivity index (χ1v) is 6.50. The van der Waals surface area contributed by atoms with E-state index in [0.29, 0.717) is 0 Å². The van der Waals surface area contributed by atoms with Gasteiger partial charge in [-0.25, -0.2) is 0 Å². The zero-order chi connectivity index (χ0) is 12.3. The van der Waals surface area contributed by atoms with E-state index in [1.807, 2.05) is 13.0 Å². The Hall–Kier alpha value is -1.49. The molecule has 2 heteroatoms. The van der Waals surface area contributed by atoms with Crippen LogP contribution in [0.2, 0.25) is 0 Å². The van der Waals surface area contributed by atoms with Crippen LogP contribution in [0.15, 0.2) is 18.2 Å². The van der Waals surface area contributed by atoms with E-state index in [0.717, 1.165) is 23.6 Å². The molecule has 1 aliphatic carbocycles. The number of anilines is 1. The standard InChI is InChI=1S/C15H20N2/c1-3-8-17(11-13-4-5-13)15-7-6-14(10-16)12(2)9-15/h6-7,9,13H,3-5,8,11H2,1-2H3. The quantitative estimate of drug-likeness (QED) is 0.771. The number of hydrogen-bond donors (Lipinski definition) is 0. The highest BCUT2D eigenvalue weighted by molar-refractivity contribution is 5.53. The molecule has 1 fully saturated rings. The molecule has 1 aromatic rings. The van der Waals surface area contributed by atoms with Gasteiger partial charge in [0.25, 0.3) is 0 Å². The Balaban J connectivity index is 2.16. The van der Waals surface area contributed by atoms with Gasteiger partial charge in [-0.2, -0.15) is 5.26 Å². The summed E-state index contributed by atoms with van der Waals surface area (Å²) in [7, 11) is 0. The minimum absolute atomic E-state index is 0.789. The molecule has 0 spiro atoms. The molecular weight excluding hydrogens is 208 g/mol. The molecule has 0 atom stereocenters. The van der Waals surface area contributed by atoms with Crippen molar-refractivity contribution < 1.29 is 0 Å². The Morgan fingerprint density at radius 2 is 2.18 bits per heavy atom. The molecule has 0 bridgehead atoms. The van der Waals surface area contributed by atoms with Crippen LogP contribution in [0, 0.1) is 24.2 Å². The summed E-state index contributed by atoms with van der Waals surface area (Å²) in [5.41, 5.74) is 3.15. The van der Waals surface area contributed by atoms with Gasteiger partial charge in [-0.05, 0) is 55.9 Å². The summed E-state index contributed by atoms with van der Waals surface area (Å²) in [4.78, 5) is 2.46. The molecular formula is C15H20N2. The van der Waals surface area contributed by atoms with Crippen LogP contribution in [0.5, 0.6) is 0 Å². The van der Waals surface area contributed by atoms with Crippen molar-refractivity contribution in [1.82, 2.24) is 0 Å². The average molecular weight is 228 g/mol. The minimum atomic E-state index is 0.789. The van der Waals surface area contributed by atoms with Gasteiger partial charge in [-0.15, -0.1) is 0 Å². The molecule has 0 aromatic heterocycles. The summed E-state index contributed by atoms with van der Waals surface area (Å²) in [6, 6.07) is 8.41. The number of hydrogen-bond acceptors (Lipinski definition) is 2. The van der Waals surface area contributed by atoms with Gasteiger partial charge in [0, 0.05) is 18.8 Å². The molecule has 0 saturated heterocycles. The molecule has 2 nitrogen and oxygen atoms in total. The number of aryl methyl sites for hydroxylation is 1. The van der Waals surface area contributed by atoms with Crippen LogP contribution in [-0.4, -0.2) is 13.1 Å². The Kier molecular flexibility index (Phi) is 3.68. The summed E-state index contributed by atoms with van der Waals surface area (Å²) in [5.74, 6) is 0.900. The fourth-order valence-electron chi connectivity index (χ4n) is 2.18. The molecule has 0 N–H and O–H groups in total. The van der Waals surface area contributed by atoms with E-state index >= 15 is 0 Å². The molecule has 0 unspecified atom stereocenters. The fraction of sp³-hybridized carbons (Fsp3) is 0.533. The van der Waals surface area contributed by atoms with Crippen LogP contribution in [-0.2, 0) is 0 Å². The first kappa shape index (κ1) is 12.0. The lowest BCUT2D eigenvalue weighted by Crippen LogP contribution is -2.26. The molecule has 17 heavy (non-hydrogen) atoms. The van der Waals surface area contributed by atoms with E-state index in [1.54, 1.807) is 0 Å². The predicted molar refractivity (Wildman–Crippen MR) is 71.1 cm³/mol. The zero-order valence-corrected chi connectivity index (χ0v) is 10.7. The van der Waals surface area contributed by atoms with Crippen molar-refractivity contribution in [3.63, 3.8) is 0 Å². The van der Waals surface area contributed by atoms with Gasteiger partial charge in [-0.1, -0.05) is 6.92 Å². The van der Waals surface area contributed by atoms with Gasteiger partial charge in [0.15, 0.2) is 0 Å². The topological polar surface area (TPSA) is 27.0 Å². The molecule has 1 aliphatic rings. The molecule has 0 radical (unpaired) electrons. The second-order valence-electron chi connectivity index (χ2n) is 5.00. The molecule has 1 aromatic carbocycles. The first-order chi connectivity index (χ1) is 8.24. The van der Waals surface area contributed by atoms with Gasteiger partial charge < -0.3 is 4.90 Å². The molecule has 1 saturated carbocycles. The highest BCUT2D eigenvalue weighted by Crippen LogP contribution is 2.31. The van der Waals surface area contributed by atoms with Gasteiger partial charge in [0.1, 0.15) is 0 Å². The maximum absolute atomic E-state index is 8.94. The Labute approximate surface area is 104 Å². The summed E-state index contributed by atoms with van der Waals surface area (Å²) in [5, 5.41) is 8.94. The lowest BCUT2D eigenvalue weighted by molar-refractivity contribution is 0.708. The summed E-state index contributed by atoms with van der Waals surface area (Å²) in [6.45, 7) is 6.53. The van der Waals surface area contributed by atoms with Crippen molar-refractivity contribution in [2.45, 2.75) is 33.1 Å². The van der Waals surface area contributed by atoms with Crippen LogP contribution >= 0.6 is 0 Å². The first-order valence-electron chi connectivity index (χ1n) is 6.50. The van der Waals surface area contributed by atoms with E-state index < -0.39 is 0 Å². The summed E-state index contributed by atoms with van der Waals surface area (Å²) < 4.78 is 0. The molecule has 0 aliphatic heterocycles. The van der Waals surface area contributed by atoms with Crippen molar-refractivity contribution in [2.24, 2.45) is 5.92 Å². The van der Waals surface area contributed by atoms with Crippen molar-refractivity contribution >= 4 is 5.69 Å². The number of nitriles is 1. The molecule has 0 amide bonds. The Morgan fingerprint density at radius 3 is 2.71 bits per heavy atom. The smallest absolute Gasteiger partial charge is 0.0994 e. The average Bonchev–Trinajstić information content (AvgIpc) is 3.12. The van der Waals surface area contributed by atoms with E-state index in [9.17, 15) is 0 Å². The van der Waals surface area contributed by atoms with E-state index in [4.69, 9.17) is 5.26 Å². The SMILES string of the molecule is CCCN(CC1CC1)c1ccc(C#N)c(C)c1. The molecule has 90 valence electrons. The van der Waals surface area contributed by atoms with Crippen LogP contribution in [0.1, 0.15) is 37.3 Å². The number of rotatable bonds is 5. The zero-order valence-electron chi connectivity index (χ0n) is 10.7. The summed E-state index contributed by atoms with van der Waals surface area (Å²) in [6.07, 6.45) is 3.94. The normalized spacial score (nSPS) is 14.4. The van der Waals surface area contributed by atoms with Crippen LogP contribution in [0.4, 0.5) is 5.69 Å². The lowest BCUT2D eigenvalue weighted by Gasteiger charge is -2.24. The van der Waals surface area contributed by atoms with E-state index in [-0.39, 0.29) is 0 Å². The lowest BCUT2D eigenvalue weighted by atomic mass is 10.1.